The maximum Gasteiger partial charge on any atom is 0.242 e. The number of anilines is 1. The van der Waals surface area contributed by atoms with Crippen LogP contribution in [-0.4, -0.2) is 48.7 Å². The highest BCUT2D eigenvalue weighted by molar-refractivity contribution is 5.82. The molecule has 2 fully saturated rings. The van der Waals surface area contributed by atoms with E-state index in [1.165, 1.54) is 18.4 Å². The van der Waals surface area contributed by atoms with Gasteiger partial charge < -0.3 is 14.5 Å². The van der Waals surface area contributed by atoms with Crippen LogP contribution in [0.15, 0.2) is 24.3 Å². The third-order valence-electron chi connectivity index (χ3n) is 5.35. The summed E-state index contributed by atoms with van der Waals surface area (Å²) in [7, 11) is 0. The molecule has 1 saturated heterocycles. The van der Waals surface area contributed by atoms with Crippen molar-refractivity contribution < 1.29 is 9.53 Å². The van der Waals surface area contributed by atoms with Crippen LogP contribution in [0.2, 0.25) is 0 Å². The van der Waals surface area contributed by atoms with E-state index in [9.17, 15) is 4.79 Å². The van der Waals surface area contributed by atoms with Gasteiger partial charge >= 0.3 is 0 Å². The van der Waals surface area contributed by atoms with Crippen LogP contribution >= 0.6 is 0 Å². The molecule has 1 heterocycles. The third kappa shape index (κ3) is 3.75. The number of morpholine rings is 1. The molecule has 24 heavy (non-hydrogen) atoms. The zero-order chi connectivity index (χ0) is 17.1. The Morgan fingerprint density at radius 3 is 2.67 bits per heavy atom. The van der Waals surface area contributed by atoms with E-state index in [0.717, 1.165) is 25.1 Å². The van der Waals surface area contributed by atoms with Crippen molar-refractivity contribution in [1.29, 1.82) is 0 Å². The lowest BCUT2D eigenvalue weighted by Gasteiger charge is -2.44. The smallest absolute Gasteiger partial charge is 0.242 e. The van der Waals surface area contributed by atoms with Crippen LogP contribution < -0.4 is 4.90 Å². The molecule has 0 radical (unpaired) electrons. The van der Waals surface area contributed by atoms with E-state index < -0.39 is 0 Å². The molecule has 1 aromatic rings. The molecule has 1 amide bonds. The second kappa shape index (κ2) is 7.56. The highest BCUT2D eigenvalue weighted by Gasteiger charge is 2.37. The van der Waals surface area contributed by atoms with Gasteiger partial charge in [0.05, 0.1) is 25.3 Å². The predicted octanol–water partition coefficient (Wildman–Crippen LogP) is 3.38. The topological polar surface area (TPSA) is 32.8 Å². The van der Waals surface area contributed by atoms with Gasteiger partial charge in [0.25, 0.3) is 0 Å². The molecule has 2 unspecified atom stereocenters. The average Bonchev–Trinajstić information content (AvgIpc) is 2.59. The van der Waals surface area contributed by atoms with Crippen LogP contribution in [0, 0.1) is 6.92 Å². The number of nitrogens with zero attached hydrogens (tertiary/aromatic N) is 2. The highest BCUT2D eigenvalue weighted by Crippen LogP contribution is 2.29. The first-order valence-corrected chi connectivity index (χ1v) is 9.30. The van der Waals surface area contributed by atoms with Crippen LogP contribution in [0.25, 0.3) is 0 Å². The van der Waals surface area contributed by atoms with Crippen molar-refractivity contribution in [3.05, 3.63) is 29.8 Å². The lowest BCUT2D eigenvalue weighted by molar-refractivity contribution is -0.148. The Kier molecular flexibility index (Phi) is 5.44. The van der Waals surface area contributed by atoms with Crippen molar-refractivity contribution in [1.82, 2.24) is 4.90 Å². The molecule has 2 atom stereocenters. The van der Waals surface area contributed by atoms with E-state index in [-0.39, 0.29) is 18.1 Å². The molecular formula is C20H30N2O2. The second-order valence-corrected chi connectivity index (χ2v) is 7.41. The number of carbonyl (C=O) groups excluding carboxylic acids is 1. The molecule has 1 aliphatic heterocycles. The summed E-state index contributed by atoms with van der Waals surface area (Å²) in [6, 6.07) is 9.03. The normalized spacial score (nSPS) is 23.9. The number of amides is 1. The molecule has 4 nitrogen and oxygen atoms in total. The first-order valence-electron chi connectivity index (χ1n) is 9.30. The Hall–Kier alpha value is -1.55. The molecule has 3 rings (SSSR count). The molecule has 1 aliphatic carbocycles. The minimum atomic E-state index is 0.240. The van der Waals surface area contributed by atoms with Crippen molar-refractivity contribution >= 4 is 11.6 Å². The molecule has 0 bridgehead atoms. The summed E-state index contributed by atoms with van der Waals surface area (Å²) in [6.45, 7) is 8.25. The van der Waals surface area contributed by atoms with E-state index in [0.29, 0.717) is 19.2 Å². The van der Waals surface area contributed by atoms with E-state index >= 15 is 0 Å². The lowest BCUT2D eigenvalue weighted by Crippen LogP contribution is -2.57. The number of rotatable bonds is 4. The Labute approximate surface area is 145 Å². The van der Waals surface area contributed by atoms with Crippen LogP contribution in [0.3, 0.4) is 0 Å². The summed E-state index contributed by atoms with van der Waals surface area (Å²) >= 11 is 0. The van der Waals surface area contributed by atoms with Crippen molar-refractivity contribution in [3.63, 3.8) is 0 Å². The molecule has 4 heteroatoms. The number of ether oxygens (including phenoxy) is 1. The van der Waals surface area contributed by atoms with E-state index in [1.807, 2.05) is 0 Å². The van der Waals surface area contributed by atoms with Crippen molar-refractivity contribution in [2.24, 2.45) is 0 Å². The van der Waals surface area contributed by atoms with Crippen LogP contribution in [0.4, 0.5) is 5.69 Å². The summed E-state index contributed by atoms with van der Waals surface area (Å²) in [6.07, 6.45) is 4.87. The standard InChI is InChI=1S/C20H30N2O2/c1-15(2)22(17-10-8-16(3)9-11-17)14-20(23)21-12-13-24-19-7-5-4-6-18(19)21/h8-11,15,18-19H,4-7,12-14H2,1-3H3. The monoisotopic (exact) mass is 330 g/mol. The quantitative estimate of drug-likeness (QED) is 0.848. The van der Waals surface area contributed by atoms with Gasteiger partial charge in [-0.3, -0.25) is 4.79 Å². The summed E-state index contributed by atoms with van der Waals surface area (Å²) in [5, 5.41) is 0. The second-order valence-electron chi connectivity index (χ2n) is 7.41. The number of carbonyl (C=O) groups is 1. The SMILES string of the molecule is Cc1ccc(N(CC(=O)N2CCOC3CCCCC32)C(C)C)cc1. The minimum Gasteiger partial charge on any atom is -0.374 e. The van der Waals surface area contributed by atoms with Crippen LogP contribution in [0.5, 0.6) is 0 Å². The Morgan fingerprint density at radius 2 is 1.96 bits per heavy atom. The van der Waals surface area contributed by atoms with E-state index in [4.69, 9.17) is 4.74 Å². The molecule has 0 spiro atoms. The van der Waals surface area contributed by atoms with E-state index in [2.05, 4.69) is 54.8 Å². The number of aryl methyl sites for hydroxylation is 1. The first-order chi connectivity index (χ1) is 11.6. The van der Waals surface area contributed by atoms with Gasteiger partial charge in [0, 0.05) is 18.3 Å². The Morgan fingerprint density at radius 1 is 1.25 bits per heavy atom. The molecule has 132 valence electrons. The van der Waals surface area contributed by atoms with Gasteiger partial charge in [0.1, 0.15) is 0 Å². The molecule has 0 aromatic heterocycles. The van der Waals surface area contributed by atoms with Gasteiger partial charge in [-0.25, -0.2) is 0 Å². The zero-order valence-corrected chi connectivity index (χ0v) is 15.2. The molecular weight excluding hydrogens is 300 g/mol. The number of fused-ring (bicyclic) bond motifs is 1. The molecule has 0 N–H and O–H groups in total. The fraction of sp³-hybridized carbons (Fsp3) is 0.650. The van der Waals surface area contributed by atoms with Gasteiger partial charge in [-0.05, 0) is 45.7 Å². The highest BCUT2D eigenvalue weighted by atomic mass is 16.5. The van der Waals surface area contributed by atoms with Crippen molar-refractivity contribution in [2.45, 2.75) is 64.6 Å². The number of benzene rings is 1. The maximum absolute atomic E-state index is 13.0. The van der Waals surface area contributed by atoms with E-state index in [1.54, 1.807) is 0 Å². The van der Waals surface area contributed by atoms with Gasteiger partial charge in [-0.1, -0.05) is 30.5 Å². The van der Waals surface area contributed by atoms with Gasteiger partial charge in [0.15, 0.2) is 0 Å². The van der Waals surface area contributed by atoms with Crippen LogP contribution in [0.1, 0.15) is 45.1 Å². The minimum absolute atomic E-state index is 0.240. The molecule has 1 aromatic carbocycles. The maximum atomic E-state index is 13.0. The summed E-state index contributed by atoms with van der Waals surface area (Å²) in [5.74, 6) is 0.240. The lowest BCUT2D eigenvalue weighted by atomic mass is 9.90. The Bertz CT molecular complexity index is 553. The fourth-order valence-corrected chi connectivity index (χ4v) is 3.95. The summed E-state index contributed by atoms with van der Waals surface area (Å²) in [4.78, 5) is 17.3. The van der Waals surface area contributed by atoms with Gasteiger partial charge in [-0.15, -0.1) is 0 Å². The summed E-state index contributed by atoms with van der Waals surface area (Å²) < 4.78 is 5.91. The van der Waals surface area contributed by atoms with Gasteiger partial charge in [-0.2, -0.15) is 0 Å². The molecule has 2 aliphatic rings. The predicted molar refractivity (Wildman–Crippen MR) is 97.4 cm³/mol. The largest absolute Gasteiger partial charge is 0.374 e. The van der Waals surface area contributed by atoms with Crippen molar-refractivity contribution in [2.75, 3.05) is 24.6 Å². The molecule has 1 saturated carbocycles. The first kappa shape index (κ1) is 17.3. The summed E-state index contributed by atoms with van der Waals surface area (Å²) in [5.41, 5.74) is 2.37. The van der Waals surface area contributed by atoms with Gasteiger partial charge in [0.2, 0.25) is 5.91 Å². The number of hydrogen-bond acceptors (Lipinski definition) is 3. The number of hydrogen-bond donors (Lipinski definition) is 0. The Balaban J connectivity index is 1.72. The van der Waals surface area contributed by atoms with Crippen LogP contribution in [-0.2, 0) is 9.53 Å². The van der Waals surface area contributed by atoms with Crippen molar-refractivity contribution in [3.8, 4) is 0 Å². The third-order valence-corrected chi connectivity index (χ3v) is 5.35. The zero-order valence-electron chi connectivity index (χ0n) is 15.2. The fourth-order valence-electron chi connectivity index (χ4n) is 3.95. The average molecular weight is 330 g/mol.